The third-order valence-electron chi connectivity index (χ3n) is 11.7. The van der Waals surface area contributed by atoms with Crippen LogP contribution in [0.1, 0.15) is 70.4 Å². The van der Waals surface area contributed by atoms with Crippen LogP contribution in [0, 0.1) is 0 Å². The molecule has 0 radical (unpaired) electrons. The maximum Gasteiger partial charge on any atom is 0.333 e. The van der Waals surface area contributed by atoms with Crippen molar-refractivity contribution in [3.63, 3.8) is 0 Å². The summed E-state index contributed by atoms with van der Waals surface area (Å²) in [7, 11) is -19.7. The van der Waals surface area contributed by atoms with E-state index in [1.807, 2.05) is 36.3 Å². The standard InChI is InChI=1S/C43H43N3O16S4/c1-4-44-35-17-15-30-33(23-28(64(53,54)55)25-37(30)66(59,60)61)42(35)43(2,3)38(44)12-8-5-7-11-26-21-32-31-22-27(63(50,51)52)24-36(65(56,57)58)29(31)14-16-34(32)45(26)20-10-6-9-13-41(49)62-46-39(47)18-19-40(46)48/h5,7-8,11-12,14-17,22-25H,4,6,9-10,13,18-21H2,1-3H3,(H3-,50,51,52,53,54,55,56,57,58,59,60,61)/p+1. The smallest absolute Gasteiger partial charge is 0.333 e. The van der Waals surface area contributed by atoms with E-state index in [4.69, 9.17) is 4.84 Å². The van der Waals surface area contributed by atoms with Crippen LogP contribution >= 0.6 is 0 Å². The van der Waals surface area contributed by atoms with E-state index in [1.165, 1.54) is 18.2 Å². The van der Waals surface area contributed by atoms with Gasteiger partial charge in [0.05, 0.1) is 15.2 Å². The lowest BCUT2D eigenvalue weighted by atomic mass is 9.79. The van der Waals surface area contributed by atoms with E-state index >= 15 is 0 Å². The number of imide groups is 1. The lowest BCUT2D eigenvalue weighted by Gasteiger charge is -2.22. The molecule has 0 spiro atoms. The summed E-state index contributed by atoms with van der Waals surface area (Å²) in [6.45, 7) is 6.41. The number of hydrogen-bond donors (Lipinski definition) is 4. The highest BCUT2D eigenvalue weighted by Crippen LogP contribution is 2.46. The van der Waals surface area contributed by atoms with Gasteiger partial charge in [0.1, 0.15) is 16.3 Å². The minimum absolute atomic E-state index is 0.0191. The summed E-state index contributed by atoms with van der Waals surface area (Å²) in [4.78, 5) is 40.1. The van der Waals surface area contributed by atoms with Gasteiger partial charge in [-0.1, -0.05) is 30.7 Å². The van der Waals surface area contributed by atoms with Crippen LogP contribution < -0.4 is 4.90 Å². The first-order valence-electron chi connectivity index (χ1n) is 20.4. The zero-order valence-corrected chi connectivity index (χ0v) is 38.8. The van der Waals surface area contributed by atoms with Crippen LogP contribution in [0.2, 0.25) is 0 Å². The van der Waals surface area contributed by atoms with Crippen molar-refractivity contribution in [2.24, 2.45) is 0 Å². The number of carbonyl (C=O) groups is 3. The molecule has 19 nitrogen and oxygen atoms in total. The van der Waals surface area contributed by atoms with Crippen molar-refractivity contribution in [3.8, 4) is 0 Å². The molecule has 66 heavy (non-hydrogen) atoms. The summed E-state index contributed by atoms with van der Waals surface area (Å²) in [5.41, 5.74) is 2.82. The molecule has 0 bridgehead atoms. The molecule has 4 N–H and O–H groups in total. The van der Waals surface area contributed by atoms with Crippen molar-refractivity contribution in [2.45, 2.75) is 90.7 Å². The van der Waals surface area contributed by atoms with E-state index < -0.39 is 83.3 Å². The zero-order chi connectivity index (χ0) is 48.3. The molecule has 0 aromatic heterocycles. The lowest BCUT2D eigenvalue weighted by Crippen LogP contribution is -2.31. The minimum Gasteiger partial charge on any atom is -0.345 e. The van der Waals surface area contributed by atoms with E-state index in [9.17, 15) is 66.3 Å². The topological polar surface area (TPSA) is 287 Å². The summed E-state index contributed by atoms with van der Waals surface area (Å²) in [5.74, 6) is -1.92. The second kappa shape index (κ2) is 17.5. The van der Waals surface area contributed by atoms with E-state index in [-0.39, 0.29) is 47.2 Å². The number of carbonyl (C=O) groups excluding carboxylic acids is 3. The van der Waals surface area contributed by atoms with Gasteiger partial charge in [0.15, 0.2) is 5.71 Å². The monoisotopic (exact) mass is 986 g/mol. The van der Waals surface area contributed by atoms with Gasteiger partial charge in [0, 0.05) is 72.1 Å². The lowest BCUT2D eigenvalue weighted by molar-refractivity contribution is -0.433. The van der Waals surface area contributed by atoms with Crippen LogP contribution in [0.25, 0.3) is 21.5 Å². The van der Waals surface area contributed by atoms with Crippen molar-refractivity contribution in [3.05, 3.63) is 95.7 Å². The van der Waals surface area contributed by atoms with Gasteiger partial charge in [-0.2, -0.15) is 38.2 Å². The van der Waals surface area contributed by atoms with Crippen LogP contribution in [0.4, 0.5) is 11.4 Å². The molecule has 0 atom stereocenters. The number of benzene rings is 4. The zero-order valence-electron chi connectivity index (χ0n) is 35.5. The quantitative estimate of drug-likeness (QED) is 0.0370. The second-order valence-electron chi connectivity index (χ2n) is 16.3. The maximum absolute atomic E-state index is 12.4. The van der Waals surface area contributed by atoms with E-state index in [2.05, 4.69) is 0 Å². The van der Waals surface area contributed by atoms with Gasteiger partial charge in [-0.05, 0) is 92.4 Å². The van der Waals surface area contributed by atoms with Crippen LogP contribution in [-0.4, -0.2) is 98.1 Å². The molecule has 3 aliphatic heterocycles. The Labute approximate surface area is 380 Å². The number of anilines is 1. The first-order valence-corrected chi connectivity index (χ1v) is 26.1. The van der Waals surface area contributed by atoms with Crippen molar-refractivity contribution in [1.29, 1.82) is 0 Å². The fourth-order valence-electron chi connectivity index (χ4n) is 8.81. The summed E-state index contributed by atoms with van der Waals surface area (Å²) < 4.78 is 141. The SMILES string of the molecule is CC[N+]1=C(/C=C/C=C/C=C2\Cc3c(ccc4c(S(=O)(=O)O)cc(S(=O)(=O)O)cc34)N2CCCCCC(=O)ON2C(=O)CCC2=O)C(C)(C)c2c1ccc1c(S(=O)(=O)O)cc(S(=O)(=O)O)cc21. The van der Waals surface area contributed by atoms with Gasteiger partial charge >= 0.3 is 5.97 Å². The number of rotatable bonds is 15. The number of amides is 2. The fourth-order valence-corrected chi connectivity index (χ4v) is 11.5. The largest absolute Gasteiger partial charge is 0.345 e. The van der Waals surface area contributed by atoms with Crippen molar-refractivity contribution in [2.75, 3.05) is 18.0 Å². The molecular formula is C43H44N3O16S4+. The number of allylic oxidation sites excluding steroid dienone is 6. The molecule has 0 aliphatic carbocycles. The third kappa shape index (κ3) is 9.34. The first-order chi connectivity index (χ1) is 30.7. The molecule has 4 aromatic carbocycles. The van der Waals surface area contributed by atoms with Gasteiger partial charge in [-0.15, -0.1) is 5.06 Å². The molecule has 0 unspecified atom stereocenters. The maximum atomic E-state index is 12.4. The molecule has 1 fully saturated rings. The Hall–Kier alpha value is -5.66. The van der Waals surface area contributed by atoms with E-state index in [0.29, 0.717) is 77.7 Å². The normalized spacial score (nSPS) is 17.4. The fraction of sp³-hybridized carbons (Fsp3) is 0.302. The number of hydroxylamine groups is 2. The van der Waals surface area contributed by atoms with Gasteiger partial charge in [0.2, 0.25) is 5.69 Å². The highest BCUT2D eigenvalue weighted by Gasteiger charge is 2.46. The molecule has 1 saturated heterocycles. The average Bonchev–Trinajstić information content (AvgIpc) is 3.81. The Kier molecular flexibility index (Phi) is 12.8. The first kappa shape index (κ1) is 48.3. The van der Waals surface area contributed by atoms with Crippen molar-refractivity contribution in [1.82, 2.24) is 5.06 Å². The molecule has 4 aromatic rings. The van der Waals surface area contributed by atoms with Gasteiger partial charge < -0.3 is 9.74 Å². The Morgan fingerprint density at radius 3 is 1.88 bits per heavy atom. The van der Waals surface area contributed by atoms with Crippen molar-refractivity contribution >= 4 is 96.9 Å². The summed E-state index contributed by atoms with van der Waals surface area (Å²) in [6.07, 6.45) is 10.2. The highest BCUT2D eigenvalue weighted by atomic mass is 32.2. The van der Waals surface area contributed by atoms with Crippen LogP contribution in [0.3, 0.4) is 0 Å². The molecule has 2 amide bonds. The molecule has 3 heterocycles. The van der Waals surface area contributed by atoms with Crippen molar-refractivity contribution < 1.29 is 75.7 Å². The number of fused-ring (bicyclic) bond motifs is 6. The van der Waals surface area contributed by atoms with Crippen LogP contribution in [0.5, 0.6) is 0 Å². The van der Waals surface area contributed by atoms with Gasteiger partial charge in [-0.25, -0.2) is 4.79 Å². The molecule has 3 aliphatic rings. The number of nitrogens with zero attached hydrogens (tertiary/aromatic N) is 3. The average molecular weight is 987 g/mol. The van der Waals surface area contributed by atoms with E-state index in [1.54, 1.807) is 36.4 Å². The highest BCUT2D eigenvalue weighted by molar-refractivity contribution is 7.87. The summed E-state index contributed by atoms with van der Waals surface area (Å²) in [6, 6.07) is 9.86. The predicted octanol–water partition coefficient (Wildman–Crippen LogP) is 5.60. The minimum atomic E-state index is -4.96. The van der Waals surface area contributed by atoms with E-state index in [0.717, 1.165) is 11.8 Å². The van der Waals surface area contributed by atoms with Gasteiger partial charge in [-0.3, -0.25) is 27.8 Å². The third-order valence-corrected chi connectivity index (χ3v) is 15.2. The molecule has 7 rings (SSSR count). The van der Waals surface area contributed by atoms with Crippen LogP contribution in [0.15, 0.2) is 104 Å². The second-order valence-corrected chi connectivity index (χ2v) is 21.9. The van der Waals surface area contributed by atoms with Gasteiger partial charge in [0.25, 0.3) is 52.3 Å². The Morgan fingerprint density at radius 2 is 1.30 bits per heavy atom. The summed E-state index contributed by atoms with van der Waals surface area (Å²) in [5, 5.41) is 0.902. The number of unbranched alkanes of at least 4 members (excludes halogenated alkanes) is 2. The Balaban J connectivity index is 1.20. The molecule has 0 saturated carbocycles. The molecule has 350 valence electrons. The number of hydrogen-bond acceptors (Lipinski definition) is 13. The Morgan fingerprint density at radius 1 is 0.727 bits per heavy atom. The molecular weight excluding hydrogens is 943 g/mol. The molecule has 23 heteroatoms. The van der Waals surface area contributed by atoms with Crippen LogP contribution in [-0.2, 0) is 71.5 Å². The summed E-state index contributed by atoms with van der Waals surface area (Å²) >= 11 is 0. The predicted molar refractivity (Wildman–Crippen MR) is 239 cm³/mol. The Bertz CT molecular complexity index is 3360.